The van der Waals surface area contributed by atoms with E-state index in [1.54, 1.807) is 13.2 Å². The van der Waals surface area contributed by atoms with Crippen LogP contribution in [0.15, 0.2) is 103 Å². The summed E-state index contributed by atoms with van der Waals surface area (Å²) in [5.74, 6) is 0.108. The fourth-order valence-electron chi connectivity index (χ4n) is 7.53. The number of anilines is 3. The summed E-state index contributed by atoms with van der Waals surface area (Å²) in [7, 11) is 1.62. The zero-order chi connectivity index (χ0) is 39.9. The number of primary amides is 1. The molecule has 57 heavy (non-hydrogen) atoms. The predicted molar refractivity (Wildman–Crippen MR) is 225 cm³/mol. The number of methoxy groups -OCH3 is 1. The van der Waals surface area contributed by atoms with Crippen LogP contribution in [0.2, 0.25) is 0 Å². The number of aromatic hydroxyl groups is 1. The molecule has 1 aromatic heterocycles. The number of unbranched alkanes of at least 4 members (excludes halogenated alkanes) is 4. The number of rotatable bonds is 16. The molecule has 0 aliphatic carbocycles. The van der Waals surface area contributed by atoms with Gasteiger partial charge in [0, 0.05) is 28.9 Å². The number of amides is 2. The summed E-state index contributed by atoms with van der Waals surface area (Å²) in [6.45, 7) is 1.90. The lowest BCUT2D eigenvalue weighted by molar-refractivity contribution is -0.118. The molecule has 1 atom stereocenters. The van der Waals surface area contributed by atoms with Gasteiger partial charge in [0.1, 0.15) is 17.2 Å². The number of nitrogens with two attached hydrogens (primary N) is 1. The Morgan fingerprint density at radius 1 is 0.912 bits per heavy atom. The monoisotopic (exact) mass is 764 g/mol. The maximum atomic E-state index is 12.5. The summed E-state index contributed by atoms with van der Waals surface area (Å²) in [5.41, 5.74) is 16.1. The molecule has 6 N–H and O–H groups in total. The van der Waals surface area contributed by atoms with Gasteiger partial charge in [-0.15, -0.1) is 0 Å². The van der Waals surface area contributed by atoms with Crippen LogP contribution >= 0.6 is 0 Å². The summed E-state index contributed by atoms with van der Waals surface area (Å²) >= 11 is 0. The number of pyridine rings is 1. The van der Waals surface area contributed by atoms with Crippen LogP contribution in [0.1, 0.15) is 82.8 Å². The number of aliphatic hydroxyl groups excluding tert-OH is 1. The Labute approximate surface area is 332 Å². The number of nitrogens with zero attached hydrogens (tertiary/aromatic N) is 1. The quantitative estimate of drug-likeness (QED) is 0.0482. The van der Waals surface area contributed by atoms with Crippen molar-refractivity contribution in [1.82, 2.24) is 4.98 Å². The number of ether oxygens (including phenoxy) is 2. The van der Waals surface area contributed by atoms with E-state index in [1.165, 1.54) is 29.0 Å². The number of aromatic nitrogens is 1. The van der Waals surface area contributed by atoms with Crippen molar-refractivity contribution in [2.45, 2.75) is 64.4 Å². The smallest absolute Gasteiger partial charge is 0.262 e. The van der Waals surface area contributed by atoms with Crippen molar-refractivity contribution >= 4 is 39.8 Å². The first-order valence-electron chi connectivity index (χ1n) is 19.4. The van der Waals surface area contributed by atoms with Crippen LogP contribution in [-0.2, 0) is 17.6 Å². The van der Waals surface area contributed by atoms with Crippen LogP contribution in [0.4, 0.5) is 17.1 Å². The Hall–Kier alpha value is -6.39. The van der Waals surface area contributed by atoms with Crippen LogP contribution in [0.5, 0.6) is 17.2 Å². The Balaban J connectivity index is 0.910. The fourth-order valence-corrected chi connectivity index (χ4v) is 7.53. The molecule has 0 bridgehead atoms. The van der Waals surface area contributed by atoms with Gasteiger partial charge in [-0.3, -0.25) is 14.6 Å². The molecule has 1 aliphatic rings. The number of fused-ring (bicyclic) bond motifs is 2. The van der Waals surface area contributed by atoms with Crippen molar-refractivity contribution in [3.05, 3.63) is 137 Å². The number of aryl methyl sites for hydroxylation is 2. The molecule has 0 fully saturated rings. The number of benzene rings is 5. The maximum Gasteiger partial charge on any atom is 0.262 e. The summed E-state index contributed by atoms with van der Waals surface area (Å²) in [5, 5.41) is 27.7. The average Bonchev–Trinajstić information content (AvgIpc) is 3.21. The summed E-state index contributed by atoms with van der Waals surface area (Å²) in [6, 6.07) is 32.4. The van der Waals surface area contributed by atoms with Crippen LogP contribution in [0.25, 0.3) is 22.0 Å². The average molecular weight is 765 g/mol. The largest absolute Gasteiger partial charge is 0.506 e. The normalized spacial score (nSPS) is 12.7. The van der Waals surface area contributed by atoms with Crippen molar-refractivity contribution in [2.75, 3.05) is 24.4 Å². The van der Waals surface area contributed by atoms with E-state index in [2.05, 4.69) is 76.3 Å². The van der Waals surface area contributed by atoms with Crippen LogP contribution in [-0.4, -0.2) is 40.7 Å². The van der Waals surface area contributed by atoms with E-state index in [0.29, 0.717) is 41.2 Å². The van der Waals surface area contributed by atoms with Gasteiger partial charge in [0.15, 0.2) is 12.4 Å². The van der Waals surface area contributed by atoms with Gasteiger partial charge in [0.05, 0.1) is 30.0 Å². The highest BCUT2D eigenvalue weighted by molar-refractivity contribution is 6.08. The van der Waals surface area contributed by atoms with Gasteiger partial charge in [-0.05, 0) is 96.3 Å². The van der Waals surface area contributed by atoms with Gasteiger partial charge in [-0.1, -0.05) is 86.3 Å². The molecule has 7 rings (SSSR count). The number of aliphatic hydroxyl groups is 1. The Morgan fingerprint density at radius 2 is 1.63 bits per heavy atom. The molecule has 0 unspecified atom stereocenters. The molecule has 10 heteroatoms. The van der Waals surface area contributed by atoms with Crippen LogP contribution in [0.3, 0.4) is 0 Å². The van der Waals surface area contributed by atoms with Gasteiger partial charge < -0.3 is 36.1 Å². The third-order valence-corrected chi connectivity index (χ3v) is 10.6. The molecule has 6 aromatic rings. The topological polar surface area (TPSA) is 156 Å². The minimum atomic E-state index is -0.724. The molecule has 1 aliphatic heterocycles. The lowest BCUT2D eigenvalue weighted by Gasteiger charge is -2.23. The number of phenols is 1. The maximum absolute atomic E-state index is 12.5. The van der Waals surface area contributed by atoms with Crippen molar-refractivity contribution in [3.63, 3.8) is 0 Å². The second kappa shape index (κ2) is 17.6. The first kappa shape index (κ1) is 38.9. The van der Waals surface area contributed by atoms with E-state index in [9.17, 15) is 19.8 Å². The van der Waals surface area contributed by atoms with Crippen molar-refractivity contribution in [1.29, 1.82) is 0 Å². The van der Waals surface area contributed by atoms with Gasteiger partial charge in [0.25, 0.3) is 11.8 Å². The number of hydrogen-bond donors (Lipinski definition) is 5. The first-order chi connectivity index (χ1) is 27.7. The molecular weight excluding hydrogens is 717 g/mol. The predicted octanol–water partition coefficient (Wildman–Crippen LogP) is 9.31. The Morgan fingerprint density at radius 3 is 2.37 bits per heavy atom. The molecule has 5 aromatic carbocycles. The Bertz CT molecular complexity index is 2390. The van der Waals surface area contributed by atoms with E-state index < -0.39 is 12.0 Å². The first-order valence-corrected chi connectivity index (χ1v) is 19.4. The standard InChI is InChI=1S/C47H48N4O6/c1-29-23-32(25-38-43(29)49-27-39(47(48)55)44(38)50-35-10-8-11-36(26-35)56-2)24-31-15-19-34(20-16-31)33-17-13-30(14-18-33)9-6-4-3-5-7-12-40(52)37-21-22-41(53)45-46(37)57-28-42(54)51-45/h8,10-11,13-23,25-27,40,52-53H,3-7,9,12,24,28H2,1-2H3,(H2,48,55)(H,49,50)(H,51,54)/t40-/m0/s1. The SMILES string of the molecule is COc1cccc(Nc2c(C(N)=O)cnc3c(C)cc(Cc4ccc(-c5ccc(CCCCCCC[C@H](O)c6ccc(O)c7c6OCC(=O)N7)cc5)cc4)cc23)c1. The summed E-state index contributed by atoms with van der Waals surface area (Å²) in [6.07, 6.45) is 8.32. The van der Waals surface area contributed by atoms with Gasteiger partial charge in [-0.2, -0.15) is 0 Å². The number of phenolic OH excluding ortho intramolecular Hbond substituents is 1. The number of nitrogens with one attached hydrogen (secondary N) is 2. The van der Waals surface area contributed by atoms with Crippen molar-refractivity contribution in [3.8, 4) is 28.4 Å². The second-order valence-corrected chi connectivity index (χ2v) is 14.7. The summed E-state index contributed by atoms with van der Waals surface area (Å²) in [4.78, 5) is 28.8. The van der Waals surface area contributed by atoms with Crippen LogP contribution in [0, 0.1) is 6.92 Å². The van der Waals surface area contributed by atoms with Gasteiger partial charge >= 0.3 is 0 Å². The molecule has 0 spiro atoms. The third kappa shape index (κ3) is 9.19. The van der Waals surface area contributed by atoms with E-state index in [0.717, 1.165) is 71.8 Å². The number of carbonyl (C=O) groups is 2. The fraction of sp³-hybridized carbons (Fsp3) is 0.255. The highest BCUT2D eigenvalue weighted by Crippen LogP contribution is 2.42. The minimum absolute atomic E-state index is 0.0701. The molecule has 2 heterocycles. The highest BCUT2D eigenvalue weighted by Gasteiger charge is 2.25. The van der Waals surface area contributed by atoms with Gasteiger partial charge in [-0.25, -0.2) is 0 Å². The molecule has 0 saturated heterocycles. The number of carbonyl (C=O) groups excluding carboxylic acids is 2. The highest BCUT2D eigenvalue weighted by atomic mass is 16.5. The van der Waals surface area contributed by atoms with E-state index in [4.69, 9.17) is 15.2 Å². The zero-order valence-corrected chi connectivity index (χ0v) is 32.3. The lowest BCUT2D eigenvalue weighted by Crippen LogP contribution is -2.26. The van der Waals surface area contributed by atoms with Crippen molar-refractivity contribution < 1.29 is 29.3 Å². The van der Waals surface area contributed by atoms with E-state index in [-0.39, 0.29) is 24.0 Å². The van der Waals surface area contributed by atoms with Crippen LogP contribution < -0.4 is 25.8 Å². The lowest BCUT2D eigenvalue weighted by atomic mass is 9.96. The zero-order valence-electron chi connectivity index (χ0n) is 32.3. The molecule has 0 radical (unpaired) electrons. The Kier molecular flexibility index (Phi) is 12.0. The molecule has 10 nitrogen and oxygen atoms in total. The minimum Gasteiger partial charge on any atom is -0.506 e. The van der Waals surface area contributed by atoms with E-state index >= 15 is 0 Å². The molecule has 292 valence electrons. The van der Waals surface area contributed by atoms with E-state index in [1.807, 2.05) is 31.2 Å². The van der Waals surface area contributed by atoms with Gasteiger partial charge in [0.2, 0.25) is 0 Å². The third-order valence-electron chi connectivity index (χ3n) is 10.6. The second-order valence-electron chi connectivity index (χ2n) is 14.7. The van der Waals surface area contributed by atoms with Crippen molar-refractivity contribution in [2.24, 2.45) is 5.73 Å². The molecular formula is C47H48N4O6. The summed E-state index contributed by atoms with van der Waals surface area (Å²) < 4.78 is 10.9. The number of hydrogen-bond acceptors (Lipinski definition) is 8. The molecule has 0 saturated carbocycles. The molecule has 2 amide bonds.